The van der Waals surface area contributed by atoms with E-state index in [2.05, 4.69) is 25.8 Å². The predicted molar refractivity (Wildman–Crippen MR) is 138 cm³/mol. The largest absolute Gasteiger partial charge is 0.467 e. The highest BCUT2D eigenvalue weighted by atomic mass is 19.3. The van der Waals surface area contributed by atoms with Gasteiger partial charge in [-0.25, -0.2) is 13.8 Å². The number of hydrogen-bond donors (Lipinski definition) is 1. The third-order valence-electron chi connectivity index (χ3n) is 9.76. The molecular weight excluding hydrogens is 492 g/mol. The van der Waals surface area contributed by atoms with Gasteiger partial charge in [0.2, 0.25) is 5.88 Å². The number of Topliss-reactive ketones (excluding diaryl/α,β-unsaturated/α-hetero) is 1. The number of fused-ring (bicyclic) bond motifs is 3. The average Bonchev–Trinajstić information content (AvgIpc) is 2.97. The summed E-state index contributed by atoms with van der Waals surface area (Å²) in [6.45, 7) is 14.9. The molecule has 38 heavy (non-hydrogen) atoms. The van der Waals surface area contributed by atoms with Crippen LogP contribution in [0.2, 0.25) is 0 Å². The Bertz CT molecular complexity index is 1200. The molecule has 1 aromatic heterocycles. The molecule has 208 valence electrons. The molecule has 3 aliphatic carbocycles. The molecule has 1 saturated carbocycles. The smallest absolute Gasteiger partial charge is 0.272 e. The summed E-state index contributed by atoms with van der Waals surface area (Å²) in [5, 5.41) is 13.1. The Hall–Kier alpha value is -2.16. The molecule has 1 unspecified atom stereocenters. The lowest BCUT2D eigenvalue weighted by Crippen LogP contribution is -2.68. The van der Waals surface area contributed by atoms with Gasteiger partial charge in [-0.1, -0.05) is 39.8 Å². The molecule has 6 nitrogen and oxygen atoms in total. The second-order valence-electron chi connectivity index (χ2n) is 13.0. The van der Waals surface area contributed by atoms with Crippen LogP contribution in [-0.2, 0) is 20.2 Å². The monoisotopic (exact) mass is 531 g/mol. The number of halogens is 2. The molecule has 1 aromatic rings. The van der Waals surface area contributed by atoms with Crippen molar-refractivity contribution >= 4 is 5.78 Å². The van der Waals surface area contributed by atoms with E-state index in [9.17, 15) is 18.7 Å². The van der Waals surface area contributed by atoms with Crippen molar-refractivity contribution in [2.45, 2.75) is 91.3 Å². The van der Waals surface area contributed by atoms with Crippen LogP contribution in [0.4, 0.5) is 8.78 Å². The van der Waals surface area contributed by atoms with Gasteiger partial charge in [0.1, 0.15) is 6.10 Å². The number of aromatic nitrogens is 1. The molecule has 7 atom stereocenters. The van der Waals surface area contributed by atoms with Crippen LogP contribution < -0.4 is 4.74 Å². The Morgan fingerprint density at radius 1 is 1.16 bits per heavy atom. The highest BCUT2D eigenvalue weighted by molar-refractivity contribution is 5.95. The van der Waals surface area contributed by atoms with Crippen LogP contribution in [0.25, 0.3) is 0 Å². The minimum Gasteiger partial charge on any atom is -0.467 e. The van der Waals surface area contributed by atoms with Crippen molar-refractivity contribution < 1.29 is 32.9 Å². The number of nitrogens with zero attached hydrogens (tertiary/aromatic N) is 1. The SMILES string of the molecule is CC1=C[C@]23C(=O)[C@@H](C=C4COC(C)(C)O[C@H]4[C@]2(O)[C@H]1Oc1ccc(C(C)(F)F)cn1)C(C)(C)C(C)C[C@H]3C. The molecule has 4 aliphatic rings. The fraction of sp³-hybridized carbons (Fsp3) is 0.667. The van der Waals surface area contributed by atoms with Crippen LogP contribution in [0.5, 0.6) is 5.88 Å². The first-order chi connectivity index (χ1) is 17.4. The van der Waals surface area contributed by atoms with Crippen LogP contribution in [0.15, 0.2) is 41.6 Å². The number of hydrogen-bond acceptors (Lipinski definition) is 6. The summed E-state index contributed by atoms with van der Waals surface area (Å²) in [7, 11) is 0. The molecule has 5 rings (SSSR count). The van der Waals surface area contributed by atoms with Gasteiger partial charge < -0.3 is 19.3 Å². The van der Waals surface area contributed by atoms with Crippen molar-refractivity contribution in [1.29, 1.82) is 0 Å². The van der Waals surface area contributed by atoms with E-state index in [1.807, 2.05) is 26.0 Å². The Balaban J connectivity index is 1.69. The highest BCUT2D eigenvalue weighted by Crippen LogP contribution is 2.63. The van der Waals surface area contributed by atoms with E-state index < -0.39 is 40.9 Å². The topological polar surface area (TPSA) is 77.9 Å². The number of carbonyl (C=O) groups excluding carboxylic acids is 1. The summed E-state index contributed by atoms with van der Waals surface area (Å²) in [6, 6.07) is 2.64. The molecular formula is C30H39F2NO5. The third kappa shape index (κ3) is 3.74. The van der Waals surface area contributed by atoms with Crippen molar-refractivity contribution in [1.82, 2.24) is 4.98 Å². The molecule has 1 saturated heterocycles. The van der Waals surface area contributed by atoms with Crippen molar-refractivity contribution in [3.8, 4) is 5.88 Å². The Labute approximate surface area is 223 Å². The highest BCUT2D eigenvalue weighted by Gasteiger charge is 2.74. The first-order valence-electron chi connectivity index (χ1n) is 13.4. The van der Waals surface area contributed by atoms with E-state index in [4.69, 9.17) is 14.2 Å². The normalized spacial score (nSPS) is 39.8. The summed E-state index contributed by atoms with van der Waals surface area (Å²) in [6.07, 6.45) is 3.78. The number of rotatable bonds is 3. The standard InChI is InChI=1S/C30H39F2NO5/c1-16-13-29-18(3)11-17(2)26(4,5)21(23(29)34)12-19-15-36-27(6,7)38-25(19)30(29,35)24(16)37-22-10-9-20(14-33-22)28(8,31)32/h9-10,12-14,17-18,21,24-25,35H,11,15H2,1-8H3/t17?,18-,21-,24+,25-,29+,30-/m1/s1. The number of ether oxygens (including phenoxy) is 3. The van der Waals surface area contributed by atoms with Crippen LogP contribution in [-0.4, -0.2) is 46.1 Å². The quantitative estimate of drug-likeness (QED) is 0.512. The van der Waals surface area contributed by atoms with Crippen molar-refractivity contribution in [3.05, 3.63) is 47.2 Å². The van der Waals surface area contributed by atoms with Gasteiger partial charge in [-0.3, -0.25) is 4.79 Å². The van der Waals surface area contributed by atoms with Gasteiger partial charge in [0.05, 0.1) is 12.0 Å². The number of carbonyl (C=O) groups is 1. The zero-order chi connectivity index (χ0) is 28.1. The first-order valence-corrected chi connectivity index (χ1v) is 13.4. The van der Waals surface area contributed by atoms with Gasteiger partial charge in [-0.05, 0) is 61.7 Å². The predicted octanol–water partition coefficient (Wildman–Crippen LogP) is 5.60. The van der Waals surface area contributed by atoms with Gasteiger partial charge in [0.15, 0.2) is 23.3 Å². The van der Waals surface area contributed by atoms with E-state index in [0.29, 0.717) is 11.1 Å². The molecule has 8 heteroatoms. The lowest BCUT2D eigenvalue weighted by Gasteiger charge is -2.52. The summed E-state index contributed by atoms with van der Waals surface area (Å²) < 4.78 is 46.4. The van der Waals surface area contributed by atoms with Gasteiger partial charge >= 0.3 is 0 Å². The minimum absolute atomic E-state index is 0.0514. The molecule has 2 fully saturated rings. The van der Waals surface area contributed by atoms with Crippen molar-refractivity contribution in [2.75, 3.05) is 6.61 Å². The lowest BCUT2D eigenvalue weighted by molar-refractivity contribution is -0.301. The van der Waals surface area contributed by atoms with E-state index in [1.165, 1.54) is 12.1 Å². The lowest BCUT2D eigenvalue weighted by atomic mass is 9.59. The fourth-order valence-corrected chi connectivity index (χ4v) is 7.19. The zero-order valence-electron chi connectivity index (χ0n) is 23.5. The van der Waals surface area contributed by atoms with E-state index in [-0.39, 0.29) is 41.1 Å². The molecule has 2 bridgehead atoms. The fourth-order valence-electron chi connectivity index (χ4n) is 7.19. The molecule has 1 N–H and O–H groups in total. The van der Waals surface area contributed by atoms with Crippen LogP contribution in [0.1, 0.15) is 67.4 Å². The number of allylic oxidation sites excluding steroid dienone is 1. The molecule has 0 amide bonds. The van der Waals surface area contributed by atoms with Gasteiger partial charge in [-0.15, -0.1) is 0 Å². The minimum atomic E-state index is -3.04. The molecule has 0 radical (unpaired) electrons. The van der Waals surface area contributed by atoms with E-state index in [1.54, 1.807) is 13.8 Å². The van der Waals surface area contributed by atoms with Gasteiger partial charge in [0.25, 0.3) is 5.92 Å². The van der Waals surface area contributed by atoms with Crippen molar-refractivity contribution in [3.63, 3.8) is 0 Å². The molecule has 0 aromatic carbocycles. The maximum absolute atomic E-state index is 14.7. The Kier molecular flexibility index (Phi) is 6.07. The van der Waals surface area contributed by atoms with Gasteiger partial charge in [0, 0.05) is 30.7 Å². The Morgan fingerprint density at radius 3 is 2.45 bits per heavy atom. The summed E-state index contributed by atoms with van der Waals surface area (Å²) in [5.74, 6) is -4.50. The van der Waals surface area contributed by atoms with Crippen LogP contribution >= 0.6 is 0 Å². The summed E-state index contributed by atoms with van der Waals surface area (Å²) in [4.78, 5) is 18.9. The number of pyridine rings is 1. The van der Waals surface area contributed by atoms with Crippen molar-refractivity contribution in [2.24, 2.45) is 28.6 Å². The second kappa shape index (κ2) is 8.42. The summed E-state index contributed by atoms with van der Waals surface area (Å²) in [5.41, 5.74) is -2.31. The van der Waals surface area contributed by atoms with E-state index >= 15 is 0 Å². The van der Waals surface area contributed by atoms with Crippen LogP contribution in [0.3, 0.4) is 0 Å². The van der Waals surface area contributed by atoms with Gasteiger partial charge in [-0.2, -0.15) is 0 Å². The maximum Gasteiger partial charge on any atom is 0.272 e. The average molecular weight is 532 g/mol. The number of aliphatic hydroxyl groups is 1. The number of alkyl halides is 2. The molecule has 2 heterocycles. The molecule has 1 aliphatic heterocycles. The first kappa shape index (κ1) is 27.4. The van der Waals surface area contributed by atoms with E-state index in [0.717, 1.165) is 19.5 Å². The molecule has 1 spiro atoms. The van der Waals surface area contributed by atoms with Crippen LogP contribution in [0, 0.1) is 28.6 Å². The number of ketones is 1. The third-order valence-corrected chi connectivity index (χ3v) is 9.76. The maximum atomic E-state index is 14.7. The second-order valence-corrected chi connectivity index (χ2v) is 13.0. The Morgan fingerprint density at radius 2 is 1.84 bits per heavy atom. The zero-order valence-corrected chi connectivity index (χ0v) is 23.5. The summed E-state index contributed by atoms with van der Waals surface area (Å²) >= 11 is 0.